The first-order chi connectivity index (χ1) is 10.7. The summed E-state index contributed by atoms with van der Waals surface area (Å²) in [4.78, 5) is 15.8. The van der Waals surface area contributed by atoms with Crippen molar-refractivity contribution in [1.82, 2.24) is 4.98 Å². The highest BCUT2D eigenvalue weighted by atomic mass is 16.1. The van der Waals surface area contributed by atoms with Crippen LogP contribution >= 0.6 is 0 Å². The minimum Gasteiger partial charge on any atom is -0.399 e. The smallest absolute Gasteiger partial charge is 0.209 e. The van der Waals surface area contributed by atoms with Gasteiger partial charge in [-0.2, -0.15) is 0 Å². The number of aromatic nitrogens is 1. The Labute approximate surface area is 127 Å². The number of carbonyl (C=O) groups is 1. The Kier molecular flexibility index (Phi) is 2.73. The predicted octanol–water partition coefficient (Wildman–Crippen LogP) is 4.13. The van der Waals surface area contributed by atoms with Gasteiger partial charge in [0.05, 0.1) is 5.69 Å². The Balaban J connectivity index is 1.87. The lowest BCUT2D eigenvalue weighted by atomic mass is 10.1. The minimum atomic E-state index is -0.0275. The fourth-order valence-electron chi connectivity index (χ4n) is 2.80. The van der Waals surface area contributed by atoms with Gasteiger partial charge in [-0.3, -0.25) is 4.79 Å². The van der Waals surface area contributed by atoms with Crippen molar-refractivity contribution in [3.63, 3.8) is 0 Å². The van der Waals surface area contributed by atoms with Gasteiger partial charge in [0.25, 0.3) is 0 Å². The molecule has 22 heavy (non-hydrogen) atoms. The van der Waals surface area contributed by atoms with E-state index < -0.39 is 0 Å². The van der Waals surface area contributed by atoms with Gasteiger partial charge in [-0.25, -0.2) is 0 Å². The molecule has 3 aromatic carbocycles. The molecule has 0 amide bonds. The molecule has 1 aromatic heterocycles. The van der Waals surface area contributed by atoms with Crippen LogP contribution in [0.4, 0.5) is 5.69 Å². The van der Waals surface area contributed by atoms with Gasteiger partial charge in [-0.15, -0.1) is 0 Å². The number of hydrogen-bond donors (Lipinski definition) is 2. The Morgan fingerprint density at radius 2 is 1.64 bits per heavy atom. The van der Waals surface area contributed by atoms with Crippen molar-refractivity contribution in [2.75, 3.05) is 5.73 Å². The van der Waals surface area contributed by atoms with Crippen LogP contribution in [0.15, 0.2) is 66.7 Å². The molecule has 0 saturated carbocycles. The number of carbonyl (C=O) groups excluding carboxylic acids is 1. The summed E-state index contributed by atoms with van der Waals surface area (Å²) in [5, 5.41) is 3.38. The molecule has 106 valence electrons. The maximum absolute atomic E-state index is 12.6. The molecule has 0 spiro atoms. The molecular weight excluding hydrogens is 272 g/mol. The van der Waals surface area contributed by atoms with E-state index in [0.29, 0.717) is 16.9 Å². The summed E-state index contributed by atoms with van der Waals surface area (Å²) in [6.45, 7) is 0. The van der Waals surface area contributed by atoms with Gasteiger partial charge in [0.2, 0.25) is 5.78 Å². The molecular formula is C19H14N2O. The number of benzene rings is 3. The van der Waals surface area contributed by atoms with E-state index in [9.17, 15) is 4.79 Å². The second-order valence-electron chi connectivity index (χ2n) is 5.38. The molecule has 0 bridgehead atoms. The van der Waals surface area contributed by atoms with Crippen LogP contribution in [-0.4, -0.2) is 10.8 Å². The van der Waals surface area contributed by atoms with E-state index in [-0.39, 0.29) is 5.78 Å². The van der Waals surface area contributed by atoms with Crippen molar-refractivity contribution in [1.29, 1.82) is 0 Å². The summed E-state index contributed by atoms with van der Waals surface area (Å²) >= 11 is 0. The number of aromatic amines is 1. The second kappa shape index (κ2) is 4.74. The lowest BCUT2D eigenvalue weighted by molar-refractivity contribution is 0.103. The van der Waals surface area contributed by atoms with Crippen LogP contribution < -0.4 is 5.73 Å². The number of ketones is 1. The lowest BCUT2D eigenvalue weighted by Gasteiger charge is -1.98. The molecule has 0 aliphatic rings. The van der Waals surface area contributed by atoms with Crippen LogP contribution in [0.2, 0.25) is 0 Å². The number of nitrogen functional groups attached to an aromatic ring is 1. The number of H-pyrrole nitrogens is 1. The van der Waals surface area contributed by atoms with Crippen molar-refractivity contribution in [2.24, 2.45) is 0 Å². The molecule has 3 heteroatoms. The average molecular weight is 286 g/mol. The van der Waals surface area contributed by atoms with Gasteiger partial charge in [-0.05, 0) is 47.2 Å². The largest absolute Gasteiger partial charge is 0.399 e. The number of anilines is 1. The number of rotatable bonds is 2. The number of nitrogens with two attached hydrogens (primary N) is 1. The fraction of sp³-hybridized carbons (Fsp3) is 0. The Bertz CT molecular complexity index is 997. The highest BCUT2D eigenvalue weighted by molar-refractivity contribution is 6.14. The van der Waals surface area contributed by atoms with Gasteiger partial charge in [-0.1, -0.05) is 30.3 Å². The van der Waals surface area contributed by atoms with Gasteiger partial charge in [0.15, 0.2) is 0 Å². The maximum Gasteiger partial charge on any atom is 0.209 e. The lowest BCUT2D eigenvalue weighted by Crippen LogP contribution is -2.01. The zero-order valence-corrected chi connectivity index (χ0v) is 11.8. The second-order valence-corrected chi connectivity index (χ2v) is 5.38. The molecule has 0 atom stereocenters. The van der Waals surface area contributed by atoms with Crippen molar-refractivity contribution < 1.29 is 4.79 Å². The molecule has 0 saturated heterocycles. The molecule has 0 radical (unpaired) electrons. The van der Waals surface area contributed by atoms with Crippen molar-refractivity contribution in [2.45, 2.75) is 0 Å². The van der Waals surface area contributed by atoms with Crippen LogP contribution in [0, 0.1) is 0 Å². The monoisotopic (exact) mass is 286 g/mol. The first-order valence-corrected chi connectivity index (χ1v) is 7.13. The first-order valence-electron chi connectivity index (χ1n) is 7.13. The maximum atomic E-state index is 12.6. The minimum absolute atomic E-state index is 0.0275. The fourth-order valence-corrected chi connectivity index (χ4v) is 2.80. The van der Waals surface area contributed by atoms with Crippen molar-refractivity contribution >= 4 is 33.1 Å². The molecule has 4 rings (SSSR count). The SMILES string of the molecule is Nc1ccc(C(=O)c2cc3c(ccc4ccccc43)[nH]2)cc1. The van der Waals surface area contributed by atoms with Gasteiger partial charge in [0.1, 0.15) is 0 Å². The van der Waals surface area contributed by atoms with Gasteiger partial charge in [0, 0.05) is 22.2 Å². The molecule has 3 N–H and O–H groups in total. The summed E-state index contributed by atoms with van der Waals surface area (Å²) in [5.74, 6) is -0.0275. The van der Waals surface area contributed by atoms with E-state index in [1.54, 1.807) is 24.3 Å². The van der Waals surface area contributed by atoms with Crippen molar-refractivity contribution in [3.05, 3.63) is 78.0 Å². The van der Waals surface area contributed by atoms with E-state index >= 15 is 0 Å². The van der Waals surface area contributed by atoms with E-state index in [1.807, 2.05) is 24.3 Å². The Morgan fingerprint density at radius 3 is 2.45 bits per heavy atom. The van der Waals surface area contributed by atoms with Crippen LogP contribution in [0.3, 0.4) is 0 Å². The van der Waals surface area contributed by atoms with E-state index in [0.717, 1.165) is 16.3 Å². The quantitative estimate of drug-likeness (QED) is 0.430. The predicted molar refractivity (Wildman–Crippen MR) is 90.1 cm³/mol. The molecule has 3 nitrogen and oxygen atoms in total. The van der Waals surface area contributed by atoms with Crippen LogP contribution in [0.5, 0.6) is 0 Å². The van der Waals surface area contributed by atoms with Crippen LogP contribution in [0.25, 0.3) is 21.7 Å². The zero-order chi connectivity index (χ0) is 15.1. The standard InChI is InChI=1S/C19H14N2O/c20-14-8-5-13(6-9-14)19(22)18-11-16-15-4-2-1-3-12(15)7-10-17(16)21-18/h1-11,21H,20H2. The normalized spacial score (nSPS) is 11.1. The Hall–Kier alpha value is -3.07. The van der Waals surface area contributed by atoms with Crippen molar-refractivity contribution in [3.8, 4) is 0 Å². The van der Waals surface area contributed by atoms with Crippen LogP contribution in [0.1, 0.15) is 16.1 Å². The first kappa shape index (κ1) is 12.7. The summed E-state index contributed by atoms with van der Waals surface area (Å²) in [6, 6.07) is 21.2. The molecule has 1 heterocycles. The molecule has 4 aromatic rings. The summed E-state index contributed by atoms with van der Waals surface area (Å²) < 4.78 is 0. The highest BCUT2D eigenvalue weighted by Crippen LogP contribution is 2.26. The third-order valence-corrected chi connectivity index (χ3v) is 3.95. The molecule has 0 aliphatic heterocycles. The van der Waals surface area contributed by atoms with Gasteiger partial charge < -0.3 is 10.7 Å². The Morgan fingerprint density at radius 1 is 0.864 bits per heavy atom. The van der Waals surface area contributed by atoms with E-state index in [1.165, 1.54) is 5.39 Å². The third-order valence-electron chi connectivity index (χ3n) is 3.95. The molecule has 0 fully saturated rings. The average Bonchev–Trinajstić information content (AvgIpc) is 2.99. The number of hydrogen-bond acceptors (Lipinski definition) is 2. The molecule has 0 aliphatic carbocycles. The zero-order valence-electron chi connectivity index (χ0n) is 11.8. The highest BCUT2D eigenvalue weighted by Gasteiger charge is 2.13. The van der Waals surface area contributed by atoms with E-state index in [2.05, 4.69) is 23.2 Å². The number of fused-ring (bicyclic) bond motifs is 3. The number of nitrogens with one attached hydrogen (secondary N) is 1. The van der Waals surface area contributed by atoms with E-state index in [4.69, 9.17) is 5.73 Å². The third kappa shape index (κ3) is 1.95. The van der Waals surface area contributed by atoms with Gasteiger partial charge >= 0.3 is 0 Å². The summed E-state index contributed by atoms with van der Waals surface area (Å²) in [6.07, 6.45) is 0. The molecule has 0 unspecified atom stereocenters. The summed E-state index contributed by atoms with van der Waals surface area (Å²) in [7, 11) is 0. The van der Waals surface area contributed by atoms with Crippen LogP contribution in [-0.2, 0) is 0 Å². The summed E-state index contributed by atoms with van der Waals surface area (Å²) in [5.41, 5.74) is 8.52. The topological polar surface area (TPSA) is 58.9 Å².